The second-order valence-corrected chi connectivity index (χ2v) is 6.51. The molecule has 2 aliphatic rings. The van der Waals surface area contributed by atoms with Crippen LogP contribution in [0.1, 0.15) is 24.8 Å². The number of amides is 1. The third-order valence-electron chi connectivity index (χ3n) is 3.51. The number of piperidine rings is 1. The van der Waals surface area contributed by atoms with Crippen LogP contribution in [-0.2, 0) is 4.79 Å². The van der Waals surface area contributed by atoms with Gasteiger partial charge in [-0.1, -0.05) is 11.6 Å². The maximum Gasteiger partial charge on any atom is 0.286 e. The summed E-state index contributed by atoms with van der Waals surface area (Å²) in [6.07, 6.45) is 5.17. The smallest absolute Gasteiger partial charge is 0.286 e. The molecule has 110 valence electrons. The van der Waals surface area contributed by atoms with Crippen LogP contribution in [0.2, 0.25) is 5.02 Å². The van der Waals surface area contributed by atoms with Crippen molar-refractivity contribution in [1.82, 2.24) is 4.90 Å². The van der Waals surface area contributed by atoms with Crippen LogP contribution >= 0.6 is 23.4 Å². The summed E-state index contributed by atoms with van der Waals surface area (Å²) in [5.41, 5.74) is 0.536. The number of aliphatic imine (C=N–C) groups is 1. The Morgan fingerprint density at radius 1 is 1.29 bits per heavy atom. The lowest BCUT2D eigenvalue weighted by Gasteiger charge is -2.27. The molecule has 0 spiro atoms. The van der Waals surface area contributed by atoms with E-state index in [-0.39, 0.29) is 11.7 Å². The summed E-state index contributed by atoms with van der Waals surface area (Å²) in [5, 5.41) is 11.1. The lowest BCUT2D eigenvalue weighted by molar-refractivity contribution is -0.113. The third-order valence-corrected chi connectivity index (χ3v) is 4.79. The number of rotatable bonds is 1. The highest BCUT2D eigenvalue weighted by Crippen LogP contribution is 2.33. The molecule has 0 aromatic heterocycles. The Morgan fingerprint density at radius 3 is 2.81 bits per heavy atom. The molecule has 2 heterocycles. The standard InChI is InChI=1S/C15H15ClN2O2S/c16-11-4-5-12(19)10(8-11)9-13-14(20)17-15(21-13)18-6-2-1-3-7-18/h4-5,8-9,19H,1-3,6-7H2/b13-9-. The van der Waals surface area contributed by atoms with E-state index >= 15 is 0 Å². The first-order valence-electron chi connectivity index (χ1n) is 6.89. The van der Waals surface area contributed by atoms with Gasteiger partial charge in [-0.2, -0.15) is 4.99 Å². The molecule has 3 rings (SSSR count). The highest BCUT2D eigenvalue weighted by atomic mass is 35.5. The number of thioether (sulfide) groups is 1. The fourth-order valence-corrected chi connectivity index (χ4v) is 3.54. The van der Waals surface area contributed by atoms with Gasteiger partial charge >= 0.3 is 0 Å². The van der Waals surface area contributed by atoms with Crippen molar-refractivity contribution in [3.63, 3.8) is 0 Å². The Labute approximate surface area is 132 Å². The van der Waals surface area contributed by atoms with Crippen molar-refractivity contribution in [3.05, 3.63) is 33.7 Å². The number of nitrogens with zero attached hydrogens (tertiary/aromatic N) is 2. The van der Waals surface area contributed by atoms with Gasteiger partial charge in [0.15, 0.2) is 5.17 Å². The Balaban J connectivity index is 1.80. The molecule has 6 heteroatoms. The van der Waals surface area contributed by atoms with Gasteiger partial charge in [0.05, 0.1) is 4.91 Å². The molecule has 21 heavy (non-hydrogen) atoms. The molecular formula is C15H15ClN2O2S. The number of hydrogen-bond acceptors (Lipinski definition) is 4. The van der Waals surface area contributed by atoms with Crippen LogP contribution in [-0.4, -0.2) is 34.2 Å². The molecule has 1 N–H and O–H groups in total. The van der Waals surface area contributed by atoms with E-state index in [4.69, 9.17) is 11.6 Å². The number of phenolic OH excluding ortho intramolecular Hbond substituents is 1. The Hall–Kier alpha value is -1.46. The van der Waals surface area contributed by atoms with Crippen LogP contribution in [0.15, 0.2) is 28.1 Å². The van der Waals surface area contributed by atoms with Crippen molar-refractivity contribution >= 4 is 40.5 Å². The first-order chi connectivity index (χ1) is 10.1. The van der Waals surface area contributed by atoms with Gasteiger partial charge in [0, 0.05) is 23.7 Å². The number of aromatic hydroxyl groups is 1. The monoisotopic (exact) mass is 322 g/mol. The lowest BCUT2D eigenvalue weighted by atomic mass is 10.1. The molecule has 1 aromatic carbocycles. The maximum atomic E-state index is 12.0. The van der Waals surface area contributed by atoms with Gasteiger partial charge in [0.1, 0.15) is 5.75 Å². The van der Waals surface area contributed by atoms with Gasteiger partial charge < -0.3 is 10.0 Å². The molecule has 1 amide bonds. The quantitative estimate of drug-likeness (QED) is 0.804. The largest absolute Gasteiger partial charge is 0.507 e. The SMILES string of the molecule is O=C1N=C(N2CCCCC2)S/C1=C\c1cc(Cl)ccc1O. The van der Waals surface area contributed by atoms with E-state index < -0.39 is 0 Å². The molecule has 0 aliphatic carbocycles. The van der Waals surface area contributed by atoms with E-state index in [1.165, 1.54) is 24.2 Å². The predicted molar refractivity (Wildman–Crippen MR) is 86.6 cm³/mol. The predicted octanol–water partition coefficient (Wildman–Crippen LogP) is 3.50. The average Bonchev–Trinajstić information content (AvgIpc) is 2.85. The van der Waals surface area contributed by atoms with E-state index in [2.05, 4.69) is 9.89 Å². The van der Waals surface area contributed by atoms with Gasteiger partial charge in [-0.05, 0) is 55.3 Å². The number of carbonyl (C=O) groups excluding carboxylic acids is 1. The van der Waals surface area contributed by atoms with Crippen LogP contribution in [0.5, 0.6) is 5.75 Å². The molecule has 0 atom stereocenters. The normalized spacial score (nSPS) is 21.0. The number of phenols is 1. The van der Waals surface area contributed by atoms with Crippen molar-refractivity contribution in [2.75, 3.05) is 13.1 Å². The second-order valence-electron chi connectivity index (χ2n) is 5.06. The molecule has 0 bridgehead atoms. The number of benzene rings is 1. The number of halogens is 1. The van der Waals surface area contributed by atoms with Crippen LogP contribution < -0.4 is 0 Å². The summed E-state index contributed by atoms with van der Waals surface area (Å²) in [4.78, 5) is 18.8. The minimum Gasteiger partial charge on any atom is -0.507 e. The zero-order valence-corrected chi connectivity index (χ0v) is 13.0. The molecule has 1 saturated heterocycles. The van der Waals surface area contributed by atoms with Crippen LogP contribution in [0.3, 0.4) is 0 Å². The maximum absolute atomic E-state index is 12.0. The third kappa shape index (κ3) is 3.24. The average molecular weight is 323 g/mol. The van der Waals surface area contributed by atoms with Crippen molar-refractivity contribution in [2.45, 2.75) is 19.3 Å². The highest BCUT2D eigenvalue weighted by Gasteiger charge is 2.27. The van der Waals surface area contributed by atoms with Crippen LogP contribution in [0.4, 0.5) is 0 Å². The fourth-order valence-electron chi connectivity index (χ4n) is 2.40. The Morgan fingerprint density at radius 2 is 2.05 bits per heavy atom. The van der Waals surface area contributed by atoms with Gasteiger partial charge in [-0.3, -0.25) is 4.79 Å². The number of hydrogen-bond donors (Lipinski definition) is 1. The molecular weight excluding hydrogens is 308 g/mol. The van der Waals surface area contributed by atoms with E-state index in [0.29, 0.717) is 15.5 Å². The van der Waals surface area contributed by atoms with Gasteiger partial charge in [0.2, 0.25) is 0 Å². The number of carbonyl (C=O) groups is 1. The van der Waals surface area contributed by atoms with E-state index in [1.807, 2.05) is 0 Å². The molecule has 0 saturated carbocycles. The second kappa shape index (κ2) is 6.12. The Bertz CT molecular complexity index is 637. The summed E-state index contributed by atoms with van der Waals surface area (Å²) >= 11 is 7.29. The van der Waals surface area contributed by atoms with Crippen molar-refractivity contribution in [3.8, 4) is 5.75 Å². The number of amidine groups is 1. The summed E-state index contributed by atoms with van der Waals surface area (Å²) in [7, 11) is 0. The van der Waals surface area contributed by atoms with Crippen molar-refractivity contribution in [1.29, 1.82) is 0 Å². The molecule has 2 aliphatic heterocycles. The number of likely N-dealkylation sites (tertiary alicyclic amines) is 1. The zero-order valence-electron chi connectivity index (χ0n) is 11.4. The van der Waals surface area contributed by atoms with E-state index in [9.17, 15) is 9.90 Å². The van der Waals surface area contributed by atoms with Crippen molar-refractivity contribution < 1.29 is 9.90 Å². The first-order valence-corrected chi connectivity index (χ1v) is 8.09. The molecule has 0 radical (unpaired) electrons. The minimum absolute atomic E-state index is 0.103. The Kier molecular flexibility index (Phi) is 4.22. The van der Waals surface area contributed by atoms with E-state index in [1.54, 1.807) is 18.2 Å². The van der Waals surface area contributed by atoms with Crippen molar-refractivity contribution in [2.24, 2.45) is 4.99 Å². The summed E-state index contributed by atoms with van der Waals surface area (Å²) in [6.45, 7) is 1.91. The topological polar surface area (TPSA) is 52.9 Å². The summed E-state index contributed by atoms with van der Waals surface area (Å²) in [5.74, 6) is -0.147. The molecule has 4 nitrogen and oxygen atoms in total. The zero-order chi connectivity index (χ0) is 14.8. The van der Waals surface area contributed by atoms with E-state index in [0.717, 1.165) is 31.1 Å². The summed E-state index contributed by atoms with van der Waals surface area (Å²) < 4.78 is 0. The lowest BCUT2D eigenvalue weighted by Crippen LogP contribution is -2.33. The van der Waals surface area contributed by atoms with Crippen LogP contribution in [0, 0.1) is 0 Å². The first kappa shape index (κ1) is 14.5. The molecule has 1 aromatic rings. The van der Waals surface area contributed by atoms with Gasteiger partial charge in [-0.15, -0.1) is 0 Å². The minimum atomic E-state index is -0.250. The molecule has 0 unspecified atom stereocenters. The van der Waals surface area contributed by atoms with Crippen LogP contribution in [0.25, 0.3) is 6.08 Å². The molecule has 1 fully saturated rings. The van der Waals surface area contributed by atoms with Gasteiger partial charge in [-0.25, -0.2) is 0 Å². The van der Waals surface area contributed by atoms with Gasteiger partial charge in [0.25, 0.3) is 5.91 Å². The fraction of sp³-hybridized carbons (Fsp3) is 0.333. The summed E-state index contributed by atoms with van der Waals surface area (Å²) in [6, 6.07) is 4.76. The highest BCUT2D eigenvalue weighted by molar-refractivity contribution is 8.18.